The van der Waals surface area contributed by atoms with Crippen LogP contribution in [0.5, 0.6) is 0 Å². The monoisotopic (exact) mass is 427 g/mol. The molecule has 2 aromatic carbocycles. The van der Waals surface area contributed by atoms with E-state index in [0.717, 1.165) is 22.2 Å². The van der Waals surface area contributed by atoms with Crippen molar-refractivity contribution >= 4 is 28.1 Å². The van der Waals surface area contributed by atoms with Gasteiger partial charge in [0.25, 0.3) is 0 Å². The highest BCUT2D eigenvalue weighted by atomic mass is 16.3. The van der Waals surface area contributed by atoms with Crippen molar-refractivity contribution in [1.29, 1.82) is 0 Å². The molecule has 32 heavy (non-hydrogen) atoms. The van der Waals surface area contributed by atoms with Gasteiger partial charge in [-0.25, -0.2) is 18.9 Å². The topological polar surface area (TPSA) is 94.4 Å². The first kappa shape index (κ1) is 19.7. The van der Waals surface area contributed by atoms with Crippen LogP contribution in [0, 0.1) is 6.92 Å². The fraction of sp³-hybridized carbons (Fsp3) is 0.167. The van der Waals surface area contributed by atoms with Crippen LogP contribution in [0.15, 0.2) is 69.9 Å². The smallest absolute Gasteiger partial charge is 0.352 e. The minimum atomic E-state index is -0.389. The van der Waals surface area contributed by atoms with Crippen LogP contribution in [0.2, 0.25) is 0 Å². The van der Waals surface area contributed by atoms with Gasteiger partial charge in [-0.05, 0) is 43.3 Å². The number of para-hydroxylation sites is 2. The molecule has 0 saturated carbocycles. The van der Waals surface area contributed by atoms with E-state index in [0.29, 0.717) is 29.3 Å². The Bertz CT molecular complexity index is 1530. The van der Waals surface area contributed by atoms with Gasteiger partial charge in [0.15, 0.2) is 5.65 Å². The van der Waals surface area contributed by atoms with Crippen LogP contribution >= 0.6 is 0 Å². The molecule has 0 spiro atoms. The summed E-state index contributed by atoms with van der Waals surface area (Å²) >= 11 is 0. The van der Waals surface area contributed by atoms with E-state index in [9.17, 15) is 9.59 Å². The van der Waals surface area contributed by atoms with Crippen LogP contribution in [-0.2, 0) is 17.8 Å². The number of anilines is 1. The van der Waals surface area contributed by atoms with E-state index in [4.69, 9.17) is 4.42 Å². The zero-order valence-electron chi connectivity index (χ0n) is 17.7. The molecule has 1 amide bonds. The maximum atomic E-state index is 13.1. The van der Waals surface area contributed by atoms with E-state index in [1.807, 2.05) is 68.4 Å². The molecule has 0 unspecified atom stereocenters. The van der Waals surface area contributed by atoms with Crippen LogP contribution < -0.4 is 11.0 Å². The largest absolute Gasteiger partial charge is 0.461 e. The molecule has 0 aliphatic carbocycles. The first-order valence-electron chi connectivity index (χ1n) is 10.4. The Hall–Kier alpha value is -4.20. The fourth-order valence-electron chi connectivity index (χ4n) is 3.82. The van der Waals surface area contributed by atoms with Gasteiger partial charge < -0.3 is 9.73 Å². The summed E-state index contributed by atoms with van der Waals surface area (Å²) in [6, 6.07) is 18.6. The molecule has 0 saturated heterocycles. The highest BCUT2D eigenvalue weighted by Gasteiger charge is 2.17. The van der Waals surface area contributed by atoms with Crippen molar-refractivity contribution in [1.82, 2.24) is 19.2 Å². The minimum absolute atomic E-state index is 0.219. The number of nitrogens with zero attached hydrogens (tertiary/aromatic N) is 4. The number of fused-ring (bicyclic) bond motifs is 3. The third-order valence-corrected chi connectivity index (χ3v) is 5.31. The number of amides is 1. The van der Waals surface area contributed by atoms with Crippen molar-refractivity contribution in [2.24, 2.45) is 0 Å². The Morgan fingerprint density at radius 3 is 2.62 bits per heavy atom. The summed E-state index contributed by atoms with van der Waals surface area (Å²) in [7, 11) is 0. The third-order valence-electron chi connectivity index (χ3n) is 5.31. The van der Waals surface area contributed by atoms with E-state index in [-0.39, 0.29) is 18.1 Å². The lowest BCUT2D eigenvalue weighted by Crippen LogP contribution is -2.29. The van der Waals surface area contributed by atoms with Gasteiger partial charge in [0.05, 0.1) is 11.2 Å². The van der Waals surface area contributed by atoms with Crippen molar-refractivity contribution in [3.8, 4) is 11.3 Å². The first-order chi connectivity index (χ1) is 15.5. The molecule has 3 heterocycles. The van der Waals surface area contributed by atoms with E-state index in [1.165, 1.54) is 9.08 Å². The second kappa shape index (κ2) is 7.81. The van der Waals surface area contributed by atoms with Gasteiger partial charge in [-0.2, -0.15) is 0 Å². The molecule has 0 bridgehead atoms. The van der Waals surface area contributed by atoms with Gasteiger partial charge in [-0.1, -0.05) is 31.2 Å². The lowest BCUT2D eigenvalue weighted by molar-refractivity contribution is -0.117. The fourth-order valence-corrected chi connectivity index (χ4v) is 3.82. The summed E-state index contributed by atoms with van der Waals surface area (Å²) in [5.41, 5.74) is 2.24. The van der Waals surface area contributed by atoms with E-state index in [1.54, 1.807) is 6.07 Å². The lowest BCUT2D eigenvalue weighted by atomic mass is 10.1. The molecular weight excluding hydrogens is 406 g/mol. The van der Waals surface area contributed by atoms with Crippen molar-refractivity contribution in [3.63, 3.8) is 0 Å². The number of benzene rings is 2. The van der Waals surface area contributed by atoms with E-state index < -0.39 is 0 Å². The van der Waals surface area contributed by atoms with Gasteiger partial charge >= 0.3 is 5.69 Å². The van der Waals surface area contributed by atoms with Gasteiger partial charge in [0, 0.05) is 17.4 Å². The standard InChI is InChI=1S/C24H21N5O3/c1-3-21-25-19-11-7-5-9-17(19)23-27-28(24(31)29(21)23)14-22(30)26-18-10-6-4-8-16(18)20-13-12-15(2)32-20/h4-13H,3,14H2,1-2H3,(H,26,30). The van der Waals surface area contributed by atoms with Gasteiger partial charge in [0.1, 0.15) is 23.9 Å². The molecule has 0 atom stereocenters. The number of carbonyl (C=O) groups excluding carboxylic acids is 1. The Kier molecular flexibility index (Phi) is 4.82. The second-order valence-corrected chi connectivity index (χ2v) is 7.50. The summed E-state index contributed by atoms with van der Waals surface area (Å²) in [5.74, 6) is 1.69. The SMILES string of the molecule is CCc1nc2ccccc2c2nn(CC(=O)Nc3ccccc3-c3ccc(C)o3)c(=O)n12. The van der Waals surface area contributed by atoms with Gasteiger partial charge in [0.2, 0.25) is 5.91 Å². The Morgan fingerprint density at radius 1 is 1.06 bits per heavy atom. The third kappa shape index (κ3) is 3.35. The van der Waals surface area contributed by atoms with Gasteiger partial charge in [-0.15, -0.1) is 5.10 Å². The van der Waals surface area contributed by atoms with E-state index >= 15 is 0 Å². The molecule has 3 aromatic heterocycles. The predicted molar refractivity (Wildman–Crippen MR) is 122 cm³/mol. The maximum absolute atomic E-state index is 13.1. The highest BCUT2D eigenvalue weighted by molar-refractivity contribution is 5.95. The van der Waals surface area contributed by atoms with Crippen molar-refractivity contribution < 1.29 is 9.21 Å². The first-order valence-corrected chi connectivity index (χ1v) is 10.4. The molecule has 1 N–H and O–H groups in total. The second-order valence-electron chi connectivity index (χ2n) is 7.50. The molecule has 0 aliphatic heterocycles. The zero-order valence-corrected chi connectivity index (χ0v) is 17.7. The molecule has 5 aromatic rings. The number of rotatable bonds is 5. The lowest BCUT2D eigenvalue weighted by Gasteiger charge is -2.09. The number of aromatic nitrogens is 4. The Labute approximate surface area is 183 Å². The number of hydrogen-bond acceptors (Lipinski definition) is 5. The van der Waals surface area contributed by atoms with Gasteiger partial charge in [-0.3, -0.25) is 4.79 Å². The molecule has 0 fully saturated rings. The number of hydrogen-bond donors (Lipinski definition) is 1. The van der Waals surface area contributed by atoms with Crippen LogP contribution in [0.3, 0.4) is 0 Å². The summed E-state index contributed by atoms with van der Waals surface area (Å²) < 4.78 is 8.37. The number of furan rings is 1. The van der Waals surface area contributed by atoms with Crippen LogP contribution in [0.4, 0.5) is 5.69 Å². The summed E-state index contributed by atoms with van der Waals surface area (Å²) in [5, 5.41) is 8.11. The predicted octanol–water partition coefficient (Wildman–Crippen LogP) is 3.81. The summed E-state index contributed by atoms with van der Waals surface area (Å²) in [6.45, 7) is 3.58. The average Bonchev–Trinajstić information content (AvgIpc) is 3.37. The minimum Gasteiger partial charge on any atom is -0.461 e. The molecule has 0 radical (unpaired) electrons. The summed E-state index contributed by atoms with van der Waals surface area (Å²) in [6.07, 6.45) is 0.565. The zero-order chi connectivity index (χ0) is 22.2. The van der Waals surface area contributed by atoms with Crippen molar-refractivity contribution in [3.05, 3.63) is 82.7 Å². The molecule has 8 heteroatoms. The van der Waals surface area contributed by atoms with Crippen molar-refractivity contribution in [2.45, 2.75) is 26.8 Å². The number of aryl methyl sites for hydroxylation is 2. The number of carbonyl (C=O) groups is 1. The Morgan fingerprint density at radius 2 is 1.84 bits per heavy atom. The highest BCUT2D eigenvalue weighted by Crippen LogP contribution is 2.29. The normalized spacial score (nSPS) is 11.3. The molecular formula is C24H21N5O3. The molecule has 8 nitrogen and oxygen atoms in total. The van der Waals surface area contributed by atoms with Crippen LogP contribution in [0.1, 0.15) is 18.5 Å². The molecule has 5 rings (SSSR count). The summed E-state index contributed by atoms with van der Waals surface area (Å²) in [4.78, 5) is 30.5. The average molecular weight is 427 g/mol. The van der Waals surface area contributed by atoms with E-state index in [2.05, 4.69) is 15.4 Å². The van der Waals surface area contributed by atoms with Crippen LogP contribution in [0.25, 0.3) is 27.9 Å². The van der Waals surface area contributed by atoms with Crippen molar-refractivity contribution in [2.75, 3.05) is 5.32 Å². The molecule has 0 aliphatic rings. The maximum Gasteiger partial charge on any atom is 0.352 e. The van der Waals surface area contributed by atoms with Crippen LogP contribution in [-0.4, -0.2) is 25.1 Å². The number of nitrogens with one attached hydrogen (secondary N) is 1. The quantitative estimate of drug-likeness (QED) is 0.460. The molecule has 160 valence electrons. The Balaban J connectivity index is 1.50.